The van der Waals surface area contributed by atoms with E-state index in [0.717, 1.165) is 18.8 Å². The molecule has 1 heterocycles. The van der Waals surface area contributed by atoms with Gasteiger partial charge in [0.1, 0.15) is 11.5 Å². The molecule has 2 aromatic rings. The van der Waals surface area contributed by atoms with E-state index in [-0.39, 0.29) is 11.9 Å². The second-order valence-electron chi connectivity index (χ2n) is 6.80. The van der Waals surface area contributed by atoms with Crippen molar-refractivity contribution in [3.8, 4) is 11.5 Å². The quantitative estimate of drug-likeness (QED) is 0.810. The lowest BCUT2D eigenvalue weighted by Gasteiger charge is -2.35. The van der Waals surface area contributed by atoms with E-state index in [1.165, 1.54) is 24.8 Å². The fraction of sp³-hybridized carbons (Fsp3) is 0.409. The van der Waals surface area contributed by atoms with E-state index in [9.17, 15) is 4.79 Å². The van der Waals surface area contributed by atoms with E-state index in [0.29, 0.717) is 17.9 Å². The smallest absolute Gasteiger partial charge is 0.255 e. The van der Waals surface area contributed by atoms with Crippen LogP contribution in [0.4, 0.5) is 0 Å². The lowest BCUT2D eigenvalue weighted by atomic mass is 10.0. The molecule has 1 N–H and O–H groups in total. The Labute approximate surface area is 161 Å². The largest absolute Gasteiger partial charge is 0.497 e. The van der Waals surface area contributed by atoms with E-state index in [2.05, 4.69) is 22.3 Å². The van der Waals surface area contributed by atoms with Crippen molar-refractivity contribution in [2.45, 2.75) is 25.3 Å². The van der Waals surface area contributed by atoms with Crippen LogP contribution in [0, 0.1) is 0 Å². The number of nitrogens with one attached hydrogen (secondary N) is 1. The SMILES string of the molecule is COc1ccc(C(CNC(=O)c2ccccc2OC)N2CCCCC2)cc1. The topological polar surface area (TPSA) is 50.8 Å². The van der Waals surface area contributed by atoms with Gasteiger partial charge in [0.25, 0.3) is 5.91 Å². The van der Waals surface area contributed by atoms with Crippen molar-refractivity contribution in [1.82, 2.24) is 10.2 Å². The van der Waals surface area contributed by atoms with Gasteiger partial charge in [0.2, 0.25) is 0 Å². The van der Waals surface area contributed by atoms with Crippen LogP contribution in [-0.4, -0.2) is 44.7 Å². The minimum atomic E-state index is -0.108. The van der Waals surface area contributed by atoms with Gasteiger partial charge in [-0.05, 0) is 55.8 Å². The highest BCUT2D eigenvalue weighted by Gasteiger charge is 2.23. The van der Waals surface area contributed by atoms with Crippen LogP contribution in [0.15, 0.2) is 48.5 Å². The van der Waals surface area contributed by atoms with Gasteiger partial charge in [-0.3, -0.25) is 9.69 Å². The summed E-state index contributed by atoms with van der Waals surface area (Å²) in [5, 5.41) is 3.11. The molecule has 0 bridgehead atoms. The highest BCUT2D eigenvalue weighted by atomic mass is 16.5. The summed E-state index contributed by atoms with van der Waals surface area (Å²) in [7, 11) is 3.25. The van der Waals surface area contributed by atoms with Gasteiger partial charge in [0.05, 0.1) is 25.8 Å². The summed E-state index contributed by atoms with van der Waals surface area (Å²) in [4.78, 5) is 15.2. The first-order chi connectivity index (χ1) is 13.2. The fourth-order valence-corrected chi connectivity index (χ4v) is 3.63. The summed E-state index contributed by atoms with van der Waals surface area (Å²) >= 11 is 0. The molecular weight excluding hydrogens is 340 g/mol. The summed E-state index contributed by atoms with van der Waals surface area (Å²) in [5.41, 5.74) is 1.75. The number of hydrogen-bond acceptors (Lipinski definition) is 4. The number of amides is 1. The van der Waals surface area contributed by atoms with Gasteiger partial charge in [-0.1, -0.05) is 30.7 Å². The van der Waals surface area contributed by atoms with Crippen molar-refractivity contribution in [3.63, 3.8) is 0 Å². The zero-order valence-corrected chi connectivity index (χ0v) is 16.1. The van der Waals surface area contributed by atoms with Gasteiger partial charge in [-0.15, -0.1) is 0 Å². The van der Waals surface area contributed by atoms with Crippen LogP contribution in [0.2, 0.25) is 0 Å². The Morgan fingerprint density at radius 2 is 1.70 bits per heavy atom. The Bertz CT molecular complexity index is 739. The lowest BCUT2D eigenvalue weighted by molar-refractivity contribution is 0.0921. The van der Waals surface area contributed by atoms with Crippen LogP contribution in [0.1, 0.15) is 41.2 Å². The number of benzene rings is 2. The van der Waals surface area contributed by atoms with Crippen molar-refractivity contribution in [3.05, 3.63) is 59.7 Å². The fourth-order valence-electron chi connectivity index (χ4n) is 3.63. The molecule has 5 heteroatoms. The molecular formula is C22H28N2O3. The van der Waals surface area contributed by atoms with Crippen molar-refractivity contribution in [2.24, 2.45) is 0 Å². The normalized spacial score (nSPS) is 15.8. The molecule has 0 saturated carbocycles. The first kappa shape index (κ1) is 19.2. The molecule has 1 fully saturated rings. The molecule has 0 radical (unpaired) electrons. The van der Waals surface area contributed by atoms with Gasteiger partial charge in [-0.25, -0.2) is 0 Å². The van der Waals surface area contributed by atoms with Crippen LogP contribution in [-0.2, 0) is 0 Å². The highest BCUT2D eigenvalue weighted by Crippen LogP contribution is 2.26. The average molecular weight is 368 g/mol. The zero-order valence-electron chi connectivity index (χ0n) is 16.1. The average Bonchev–Trinajstić information content (AvgIpc) is 2.75. The maximum Gasteiger partial charge on any atom is 0.255 e. The van der Waals surface area contributed by atoms with Crippen LogP contribution in [0.25, 0.3) is 0 Å². The van der Waals surface area contributed by atoms with Gasteiger partial charge < -0.3 is 14.8 Å². The number of nitrogens with zero attached hydrogens (tertiary/aromatic N) is 1. The summed E-state index contributed by atoms with van der Waals surface area (Å²) in [5.74, 6) is 1.33. The van der Waals surface area contributed by atoms with E-state index in [1.807, 2.05) is 24.3 Å². The van der Waals surface area contributed by atoms with E-state index >= 15 is 0 Å². The molecule has 3 rings (SSSR count). The van der Waals surface area contributed by atoms with Crippen molar-refractivity contribution < 1.29 is 14.3 Å². The molecule has 2 aromatic carbocycles. The van der Waals surface area contributed by atoms with E-state index in [4.69, 9.17) is 9.47 Å². The standard InChI is InChI=1S/C22H28N2O3/c1-26-18-12-10-17(11-13-18)20(24-14-6-3-7-15-24)16-23-22(25)19-8-4-5-9-21(19)27-2/h4-5,8-13,20H,3,6-7,14-16H2,1-2H3,(H,23,25). The Morgan fingerprint density at radius 3 is 2.37 bits per heavy atom. The van der Waals surface area contributed by atoms with Crippen molar-refractivity contribution in [1.29, 1.82) is 0 Å². The van der Waals surface area contributed by atoms with Gasteiger partial charge >= 0.3 is 0 Å². The minimum absolute atomic E-state index is 0.108. The third-order valence-corrected chi connectivity index (χ3v) is 5.14. The molecule has 1 atom stereocenters. The summed E-state index contributed by atoms with van der Waals surface area (Å²) in [6.45, 7) is 2.67. The van der Waals surface area contributed by atoms with E-state index < -0.39 is 0 Å². The summed E-state index contributed by atoms with van der Waals surface area (Å²) in [6, 6.07) is 15.6. The Kier molecular flexibility index (Phi) is 6.71. The maximum absolute atomic E-state index is 12.7. The molecule has 0 spiro atoms. The molecule has 0 aliphatic carbocycles. The molecule has 144 valence electrons. The molecule has 1 aliphatic heterocycles. The monoisotopic (exact) mass is 368 g/mol. The second-order valence-corrected chi connectivity index (χ2v) is 6.80. The van der Waals surface area contributed by atoms with Crippen molar-refractivity contribution >= 4 is 5.91 Å². The molecule has 27 heavy (non-hydrogen) atoms. The van der Waals surface area contributed by atoms with Crippen LogP contribution >= 0.6 is 0 Å². The first-order valence-corrected chi connectivity index (χ1v) is 9.52. The Morgan fingerprint density at radius 1 is 1.00 bits per heavy atom. The Hall–Kier alpha value is -2.53. The van der Waals surface area contributed by atoms with E-state index in [1.54, 1.807) is 26.4 Å². The third-order valence-electron chi connectivity index (χ3n) is 5.14. The van der Waals surface area contributed by atoms with Gasteiger partial charge in [0, 0.05) is 6.54 Å². The van der Waals surface area contributed by atoms with Gasteiger partial charge in [0.15, 0.2) is 0 Å². The molecule has 1 saturated heterocycles. The number of carbonyl (C=O) groups excluding carboxylic acids is 1. The van der Waals surface area contributed by atoms with Crippen LogP contribution in [0.5, 0.6) is 11.5 Å². The number of carbonyl (C=O) groups is 1. The number of methoxy groups -OCH3 is 2. The number of piperidine rings is 1. The maximum atomic E-state index is 12.7. The minimum Gasteiger partial charge on any atom is -0.497 e. The molecule has 0 aromatic heterocycles. The number of para-hydroxylation sites is 1. The Balaban J connectivity index is 1.75. The highest BCUT2D eigenvalue weighted by molar-refractivity contribution is 5.96. The summed E-state index contributed by atoms with van der Waals surface area (Å²) < 4.78 is 10.6. The second kappa shape index (κ2) is 9.42. The molecule has 5 nitrogen and oxygen atoms in total. The number of rotatable bonds is 7. The molecule has 1 amide bonds. The number of ether oxygens (including phenoxy) is 2. The number of likely N-dealkylation sites (tertiary alicyclic amines) is 1. The predicted molar refractivity (Wildman–Crippen MR) is 106 cm³/mol. The van der Waals surface area contributed by atoms with Crippen LogP contribution < -0.4 is 14.8 Å². The van der Waals surface area contributed by atoms with Gasteiger partial charge in [-0.2, -0.15) is 0 Å². The lowest BCUT2D eigenvalue weighted by Crippen LogP contribution is -2.40. The third kappa shape index (κ3) is 4.80. The molecule has 1 unspecified atom stereocenters. The summed E-state index contributed by atoms with van der Waals surface area (Å²) in [6.07, 6.45) is 3.68. The molecule has 1 aliphatic rings. The zero-order chi connectivity index (χ0) is 19.1. The van der Waals surface area contributed by atoms with Crippen LogP contribution in [0.3, 0.4) is 0 Å². The predicted octanol–water partition coefficient (Wildman–Crippen LogP) is 3.66. The number of hydrogen-bond donors (Lipinski definition) is 1. The first-order valence-electron chi connectivity index (χ1n) is 9.52. The van der Waals surface area contributed by atoms with Crippen molar-refractivity contribution in [2.75, 3.05) is 33.9 Å².